The maximum Gasteiger partial charge on any atom is 0.175 e. The number of aromatic nitrogens is 1. The largest absolute Gasteiger partial charge is 0.376 e. The summed E-state index contributed by atoms with van der Waals surface area (Å²) in [5.41, 5.74) is 0.120. The third-order valence-corrected chi connectivity index (χ3v) is 4.55. The van der Waals surface area contributed by atoms with Gasteiger partial charge in [0.05, 0.1) is 23.3 Å². The van der Waals surface area contributed by atoms with Crippen LogP contribution in [-0.4, -0.2) is 19.7 Å². The van der Waals surface area contributed by atoms with Crippen LogP contribution in [0.25, 0.3) is 0 Å². The van der Waals surface area contributed by atoms with Crippen molar-refractivity contribution in [3.05, 3.63) is 39.6 Å². The van der Waals surface area contributed by atoms with Crippen molar-refractivity contribution in [2.75, 3.05) is 11.6 Å². The molecule has 0 spiro atoms. The fourth-order valence-corrected chi connectivity index (χ4v) is 2.95. The summed E-state index contributed by atoms with van der Waals surface area (Å²) in [7, 11) is -3.36. The predicted molar refractivity (Wildman–Crippen MR) is 74.0 cm³/mol. The van der Waals surface area contributed by atoms with E-state index in [-0.39, 0.29) is 17.1 Å². The van der Waals surface area contributed by atoms with Crippen LogP contribution >= 0.6 is 22.9 Å². The highest BCUT2D eigenvalue weighted by atomic mass is 35.5. The molecule has 0 atom stereocenters. The van der Waals surface area contributed by atoms with Crippen molar-refractivity contribution in [3.63, 3.8) is 0 Å². The van der Waals surface area contributed by atoms with E-state index in [2.05, 4.69) is 10.3 Å². The molecule has 1 aromatic heterocycles. The zero-order chi connectivity index (χ0) is 14.0. The molecule has 8 heteroatoms. The number of nitrogens with one attached hydrogen (secondary N) is 1. The highest BCUT2D eigenvalue weighted by Crippen LogP contribution is 2.22. The third kappa shape index (κ3) is 3.65. The summed E-state index contributed by atoms with van der Waals surface area (Å²) < 4.78 is 36.9. The van der Waals surface area contributed by atoms with Gasteiger partial charge in [-0.2, -0.15) is 0 Å². The van der Waals surface area contributed by atoms with Gasteiger partial charge in [-0.15, -0.1) is 11.3 Å². The first-order valence-electron chi connectivity index (χ1n) is 5.20. The van der Waals surface area contributed by atoms with Crippen molar-refractivity contribution in [2.24, 2.45) is 0 Å². The molecule has 0 saturated heterocycles. The van der Waals surface area contributed by atoms with Crippen LogP contribution in [0.3, 0.4) is 0 Å². The minimum Gasteiger partial charge on any atom is -0.376 e. The van der Waals surface area contributed by atoms with Gasteiger partial charge in [0.2, 0.25) is 0 Å². The monoisotopic (exact) mass is 320 g/mol. The molecule has 0 unspecified atom stereocenters. The lowest BCUT2D eigenvalue weighted by atomic mass is 10.3. The van der Waals surface area contributed by atoms with E-state index in [0.29, 0.717) is 9.34 Å². The molecular formula is C11H10ClFN2O2S2. The first kappa shape index (κ1) is 14.2. The van der Waals surface area contributed by atoms with E-state index in [0.717, 1.165) is 12.3 Å². The van der Waals surface area contributed by atoms with Crippen molar-refractivity contribution in [1.29, 1.82) is 0 Å². The average Bonchev–Trinajstić information content (AvgIpc) is 2.72. The van der Waals surface area contributed by atoms with Gasteiger partial charge in [-0.1, -0.05) is 11.6 Å². The molecule has 0 bridgehead atoms. The van der Waals surface area contributed by atoms with Gasteiger partial charge in [-0.3, -0.25) is 0 Å². The van der Waals surface area contributed by atoms with Gasteiger partial charge in [-0.25, -0.2) is 17.8 Å². The predicted octanol–water partition coefficient (Wildman–Crippen LogP) is 2.95. The second kappa shape index (κ2) is 5.44. The molecular weight excluding hydrogens is 311 g/mol. The maximum atomic E-state index is 13.6. The topological polar surface area (TPSA) is 59.1 Å². The highest BCUT2D eigenvalue weighted by Gasteiger charge is 2.11. The molecule has 0 amide bonds. The second-order valence-electron chi connectivity index (χ2n) is 3.83. The fraction of sp³-hybridized carbons (Fsp3) is 0.182. The number of benzene rings is 1. The molecule has 19 heavy (non-hydrogen) atoms. The molecule has 1 heterocycles. The first-order valence-corrected chi connectivity index (χ1v) is 8.28. The van der Waals surface area contributed by atoms with Gasteiger partial charge in [0.15, 0.2) is 9.84 Å². The summed E-state index contributed by atoms with van der Waals surface area (Å²) in [6.07, 6.45) is 2.58. The van der Waals surface area contributed by atoms with Crippen LogP contribution in [0.4, 0.5) is 10.1 Å². The van der Waals surface area contributed by atoms with Gasteiger partial charge in [0.1, 0.15) is 15.2 Å². The van der Waals surface area contributed by atoms with E-state index in [1.807, 2.05) is 0 Å². The molecule has 2 aromatic rings. The minimum atomic E-state index is -3.36. The van der Waals surface area contributed by atoms with Crippen molar-refractivity contribution in [3.8, 4) is 0 Å². The Morgan fingerprint density at radius 3 is 2.79 bits per heavy atom. The Balaban J connectivity index is 2.20. The lowest BCUT2D eigenvalue weighted by molar-refractivity contribution is 0.600. The van der Waals surface area contributed by atoms with Gasteiger partial charge in [-0.05, 0) is 18.2 Å². The lowest BCUT2D eigenvalue weighted by Crippen LogP contribution is -2.04. The van der Waals surface area contributed by atoms with Crippen LogP contribution in [-0.2, 0) is 16.4 Å². The maximum absolute atomic E-state index is 13.6. The van der Waals surface area contributed by atoms with Crippen LogP contribution in [0.5, 0.6) is 0 Å². The summed E-state index contributed by atoms with van der Waals surface area (Å²) in [6.45, 7) is 0.279. The van der Waals surface area contributed by atoms with E-state index in [9.17, 15) is 12.8 Å². The Kier molecular flexibility index (Phi) is 4.07. The van der Waals surface area contributed by atoms with Gasteiger partial charge < -0.3 is 5.32 Å². The number of halogens is 2. The third-order valence-electron chi connectivity index (χ3n) is 2.32. The summed E-state index contributed by atoms with van der Waals surface area (Å²) >= 11 is 7.01. The van der Waals surface area contributed by atoms with E-state index in [1.165, 1.54) is 29.7 Å². The molecule has 4 nitrogen and oxygen atoms in total. The summed E-state index contributed by atoms with van der Waals surface area (Å²) in [6, 6.07) is 3.61. The molecule has 1 N–H and O–H groups in total. The Morgan fingerprint density at radius 1 is 1.47 bits per heavy atom. The lowest BCUT2D eigenvalue weighted by Gasteiger charge is -2.07. The Morgan fingerprint density at radius 2 is 2.21 bits per heavy atom. The number of rotatable bonds is 4. The second-order valence-corrected chi connectivity index (χ2v) is 7.59. The van der Waals surface area contributed by atoms with Crippen molar-refractivity contribution < 1.29 is 12.8 Å². The summed E-state index contributed by atoms with van der Waals surface area (Å²) in [4.78, 5) is 4.08. The molecule has 0 saturated carbocycles. The number of hydrogen-bond donors (Lipinski definition) is 1. The van der Waals surface area contributed by atoms with E-state index >= 15 is 0 Å². The normalized spacial score (nSPS) is 11.5. The molecule has 0 aliphatic heterocycles. The number of nitrogens with zero attached hydrogens (tertiary/aromatic N) is 1. The molecule has 0 aliphatic carbocycles. The van der Waals surface area contributed by atoms with Crippen molar-refractivity contribution >= 4 is 38.5 Å². The number of sulfone groups is 1. The van der Waals surface area contributed by atoms with Crippen LogP contribution < -0.4 is 5.32 Å². The zero-order valence-electron chi connectivity index (χ0n) is 9.85. The zero-order valence-corrected chi connectivity index (χ0v) is 12.2. The SMILES string of the molecule is CS(=O)(=O)c1ccc(F)c(NCc2ncc(Cl)s2)c1. The molecule has 0 radical (unpaired) electrons. The minimum absolute atomic E-state index is 0.0635. The summed E-state index contributed by atoms with van der Waals surface area (Å²) in [5.74, 6) is -0.518. The Labute approximate surface area is 119 Å². The van der Waals surface area contributed by atoms with Gasteiger partial charge >= 0.3 is 0 Å². The molecule has 2 rings (SSSR count). The van der Waals surface area contributed by atoms with Gasteiger partial charge in [0.25, 0.3) is 0 Å². The van der Waals surface area contributed by atoms with E-state index in [1.54, 1.807) is 0 Å². The quantitative estimate of drug-likeness (QED) is 0.880. The molecule has 102 valence electrons. The number of anilines is 1. The Bertz CT molecular complexity index is 700. The van der Waals surface area contributed by atoms with Crippen LogP contribution in [0, 0.1) is 5.82 Å². The standard InChI is InChI=1S/C11H10ClFN2O2S2/c1-19(16,17)7-2-3-8(13)9(4-7)14-6-11-15-5-10(12)18-11/h2-5,14H,6H2,1H3. The number of hydrogen-bond acceptors (Lipinski definition) is 5. The van der Waals surface area contributed by atoms with Crippen LogP contribution in [0.15, 0.2) is 29.3 Å². The molecule has 0 fully saturated rings. The average molecular weight is 321 g/mol. The Hall–Kier alpha value is -1.18. The van der Waals surface area contributed by atoms with Crippen molar-refractivity contribution in [1.82, 2.24) is 4.98 Å². The summed E-state index contributed by atoms with van der Waals surface area (Å²) in [5, 5.41) is 3.49. The molecule has 0 aliphatic rings. The van der Waals surface area contributed by atoms with Crippen molar-refractivity contribution in [2.45, 2.75) is 11.4 Å². The smallest absolute Gasteiger partial charge is 0.175 e. The first-order chi connectivity index (χ1) is 8.86. The highest BCUT2D eigenvalue weighted by molar-refractivity contribution is 7.90. The number of thiazole rings is 1. The van der Waals surface area contributed by atoms with E-state index in [4.69, 9.17) is 11.6 Å². The van der Waals surface area contributed by atoms with Gasteiger partial charge in [0, 0.05) is 6.26 Å². The van der Waals surface area contributed by atoms with Crippen LogP contribution in [0.2, 0.25) is 4.34 Å². The van der Waals surface area contributed by atoms with Crippen LogP contribution in [0.1, 0.15) is 5.01 Å². The fourth-order valence-electron chi connectivity index (χ4n) is 1.41. The van der Waals surface area contributed by atoms with E-state index < -0.39 is 15.7 Å². The molecule has 1 aromatic carbocycles.